The highest BCUT2D eigenvalue weighted by molar-refractivity contribution is 6.05. The Morgan fingerprint density at radius 1 is 0.882 bits per heavy atom. The molecule has 1 heterocycles. The maximum absolute atomic E-state index is 13.5. The third-order valence-electron chi connectivity index (χ3n) is 5.39. The molecule has 0 atom stereocenters. The van der Waals surface area contributed by atoms with Crippen molar-refractivity contribution in [3.8, 4) is 34.2 Å². The minimum Gasteiger partial charge on any atom is -0.497 e. The second-order valence-corrected chi connectivity index (χ2v) is 7.44. The molecular formula is C26H24FN3O4. The van der Waals surface area contributed by atoms with Crippen molar-refractivity contribution >= 4 is 11.4 Å². The minimum absolute atomic E-state index is 0.314. The number of hydrogen-bond acceptors (Lipinski definition) is 5. The van der Waals surface area contributed by atoms with E-state index < -0.39 is 0 Å². The highest BCUT2D eigenvalue weighted by Crippen LogP contribution is 2.33. The summed E-state index contributed by atoms with van der Waals surface area (Å²) in [5.74, 6) is 1.45. The molecule has 0 saturated heterocycles. The monoisotopic (exact) mass is 461 g/mol. The van der Waals surface area contributed by atoms with E-state index in [-0.39, 0.29) is 11.4 Å². The van der Waals surface area contributed by atoms with Gasteiger partial charge in [-0.15, -0.1) is 0 Å². The zero-order valence-electron chi connectivity index (χ0n) is 19.3. The van der Waals surface area contributed by atoms with Crippen molar-refractivity contribution < 1.29 is 18.6 Å². The summed E-state index contributed by atoms with van der Waals surface area (Å²) in [6.45, 7) is 1.76. The number of aromatic nitrogens is 2. The lowest BCUT2D eigenvalue weighted by atomic mass is 10.0. The van der Waals surface area contributed by atoms with Crippen molar-refractivity contribution in [2.45, 2.75) is 6.92 Å². The average molecular weight is 461 g/mol. The molecule has 4 rings (SSSR count). The van der Waals surface area contributed by atoms with Crippen molar-refractivity contribution in [1.29, 1.82) is 0 Å². The molecule has 7 nitrogen and oxygen atoms in total. The van der Waals surface area contributed by atoms with Gasteiger partial charge in [-0.25, -0.2) is 14.1 Å². The highest BCUT2D eigenvalue weighted by atomic mass is 19.1. The van der Waals surface area contributed by atoms with E-state index in [0.717, 1.165) is 5.56 Å². The van der Waals surface area contributed by atoms with E-state index in [0.29, 0.717) is 45.6 Å². The lowest BCUT2D eigenvalue weighted by Gasteiger charge is -2.08. The van der Waals surface area contributed by atoms with Crippen LogP contribution in [-0.4, -0.2) is 36.8 Å². The summed E-state index contributed by atoms with van der Waals surface area (Å²) >= 11 is 0. The summed E-state index contributed by atoms with van der Waals surface area (Å²) in [5, 5.41) is 3.16. The van der Waals surface area contributed by atoms with Crippen molar-refractivity contribution in [3.05, 3.63) is 88.5 Å². The van der Waals surface area contributed by atoms with E-state index in [1.807, 2.05) is 24.3 Å². The van der Waals surface area contributed by atoms with Gasteiger partial charge in [0.1, 0.15) is 28.8 Å². The predicted molar refractivity (Wildman–Crippen MR) is 130 cm³/mol. The molecule has 0 aliphatic rings. The quantitative estimate of drug-likeness (QED) is 0.387. The number of ether oxygens (including phenoxy) is 3. The second kappa shape index (κ2) is 9.66. The molecule has 1 aromatic heterocycles. The van der Waals surface area contributed by atoms with Gasteiger partial charge < -0.3 is 14.2 Å². The summed E-state index contributed by atoms with van der Waals surface area (Å²) in [4.78, 5) is 18.2. The van der Waals surface area contributed by atoms with Crippen LogP contribution >= 0.6 is 0 Å². The van der Waals surface area contributed by atoms with E-state index in [1.54, 1.807) is 46.5 Å². The minimum atomic E-state index is -0.386. The molecule has 0 unspecified atom stereocenters. The summed E-state index contributed by atoms with van der Waals surface area (Å²) in [6, 6.07) is 18.3. The van der Waals surface area contributed by atoms with Gasteiger partial charge in [-0.1, -0.05) is 0 Å². The van der Waals surface area contributed by atoms with Gasteiger partial charge in [0, 0.05) is 11.6 Å². The van der Waals surface area contributed by atoms with E-state index in [2.05, 4.69) is 5.10 Å². The van der Waals surface area contributed by atoms with Crippen LogP contribution in [0.2, 0.25) is 0 Å². The molecule has 0 aliphatic heterocycles. The third-order valence-corrected chi connectivity index (χ3v) is 5.39. The molecule has 1 N–H and O–H groups in total. The van der Waals surface area contributed by atoms with Gasteiger partial charge in [0.25, 0.3) is 5.56 Å². The first-order chi connectivity index (χ1) is 16.4. The van der Waals surface area contributed by atoms with Gasteiger partial charge in [-0.05, 0) is 67.6 Å². The van der Waals surface area contributed by atoms with Gasteiger partial charge >= 0.3 is 0 Å². The summed E-state index contributed by atoms with van der Waals surface area (Å²) in [6.07, 6.45) is 0. The Morgan fingerprint density at radius 3 is 2.15 bits per heavy atom. The maximum atomic E-state index is 13.5. The number of halogens is 1. The van der Waals surface area contributed by atoms with Crippen molar-refractivity contribution in [2.24, 2.45) is 4.99 Å². The molecule has 0 bridgehead atoms. The zero-order valence-corrected chi connectivity index (χ0v) is 19.3. The fraction of sp³-hybridized carbons (Fsp3) is 0.154. The molecule has 0 aliphatic carbocycles. The Balaban J connectivity index is 1.90. The summed E-state index contributed by atoms with van der Waals surface area (Å²) in [5.41, 5.74) is 2.95. The van der Waals surface area contributed by atoms with Crippen LogP contribution in [0.25, 0.3) is 16.9 Å². The SMILES string of the molecule is COc1ccc(-c2[nH]n(-c3ccc(F)cc3)c(=O)c2C(C)=Nc2ccc(OC)cc2OC)cc1. The van der Waals surface area contributed by atoms with Crippen molar-refractivity contribution in [3.63, 3.8) is 0 Å². The second-order valence-electron chi connectivity index (χ2n) is 7.44. The van der Waals surface area contributed by atoms with Crippen LogP contribution in [0, 0.1) is 5.82 Å². The predicted octanol–water partition coefficient (Wildman–Crippen LogP) is 5.14. The number of aliphatic imine (C=N–C) groups is 1. The fourth-order valence-corrected chi connectivity index (χ4v) is 3.63. The lowest BCUT2D eigenvalue weighted by molar-refractivity contribution is 0.395. The smallest absolute Gasteiger partial charge is 0.280 e. The Morgan fingerprint density at radius 2 is 1.53 bits per heavy atom. The van der Waals surface area contributed by atoms with Crippen LogP contribution < -0.4 is 19.8 Å². The Hall–Kier alpha value is -4.33. The number of methoxy groups -OCH3 is 3. The molecule has 0 spiro atoms. The topological polar surface area (TPSA) is 77.8 Å². The molecule has 174 valence electrons. The first kappa shape index (κ1) is 22.8. The largest absolute Gasteiger partial charge is 0.497 e. The van der Waals surface area contributed by atoms with Gasteiger partial charge in [0.05, 0.1) is 44.0 Å². The number of rotatable bonds is 7. The molecule has 4 aromatic rings. The first-order valence-electron chi connectivity index (χ1n) is 10.5. The lowest BCUT2D eigenvalue weighted by Crippen LogP contribution is -2.19. The number of benzene rings is 3. The molecule has 0 amide bonds. The molecule has 0 radical (unpaired) electrons. The number of nitrogens with one attached hydrogen (secondary N) is 1. The maximum Gasteiger partial charge on any atom is 0.280 e. The van der Waals surface area contributed by atoms with E-state index in [1.165, 1.54) is 28.9 Å². The zero-order chi connectivity index (χ0) is 24.2. The number of hydrogen-bond donors (Lipinski definition) is 1. The van der Waals surface area contributed by atoms with Gasteiger partial charge in [-0.3, -0.25) is 9.89 Å². The normalized spacial score (nSPS) is 11.4. The first-order valence-corrected chi connectivity index (χ1v) is 10.5. The fourth-order valence-electron chi connectivity index (χ4n) is 3.63. The molecule has 3 aromatic carbocycles. The molecular weight excluding hydrogens is 437 g/mol. The number of nitrogens with zero attached hydrogens (tertiary/aromatic N) is 2. The van der Waals surface area contributed by atoms with E-state index >= 15 is 0 Å². The molecule has 0 saturated carbocycles. The molecule has 8 heteroatoms. The van der Waals surface area contributed by atoms with E-state index in [9.17, 15) is 9.18 Å². The average Bonchev–Trinajstić information content (AvgIpc) is 3.21. The van der Waals surface area contributed by atoms with Gasteiger partial charge in [0.15, 0.2) is 0 Å². The Labute approximate surface area is 196 Å². The summed E-state index contributed by atoms with van der Waals surface area (Å²) < 4.78 is 30.8. The molecule has 34 heavy (non-hydrogen) atoms. The van der Waals surface area contributed by atoms with Crippen LogP contribution in [0.5, 0.6) is 17.2 Å². The number of H-pyrrole nitrogens is 1. The van der Waals surface area contributed by atoms with Gasteiger partial charge in [0.2, 0.25) is 0 Å². The Bertz CT molecular complexity index is 1390. The summed E-state index contributed by atoms with van der Waals surface area (Å²) in [7, 11) is 4.71. The van der Waals surface area contributed by atoms with Crippen molar-refractivity contribution in [2.75, 3.05) is 21.3 Å². The standard InChI is InChI=1S/C26H24FN3O4/c1-16(28-22-14-13-21(33-3)15-23(22)34-4)24-25(17-5-11-20(32-2)12-6-17)29-30(26(24)31)19-9-7-18(27)8-10-19/h5-15,29H,1-4H3. The van der Waals surface area contributed by atoms with Crippen LogP contribution in [0.3, 0.4) is 0 Å². The highest BCUT2D eigenvalue weighted by Gasteiger charge is 2.20. The van der Waals surface area contributed by atoms with Crippen LogP contribution in [-0.2, 0) is 0 Å². The van der Waals surface area contributed by atoms with Crippen LogP contribution in [0.15, 0.2) is 76.5 Å². The van der Waals surface area contributed by atoms with E-state index in [4.69, 9.17) is 19.2 Å². The van der Waals surface area contributed by atoms with Gasteiger partial charge in [-0.2, -0.15) is 0 Å². The Kier molecular flexibility index (Phi) is 6.49. The van der Waals surface area contributed by atoms with Crippen molar-refractivity contribution in [1.82, 2.24) is 9.78 Å². The van der Waals surface area contributed by atoms with Crippen LogP contribution in [0.1, 0.15) is 12.5 Å². The third kappa shape index (κ3) is 4.43. The van der Waals surface area contributed by atoms with Crippen LogP contribution in [0.4, 0.5) is 10.1 Å². The molecule has 0 fully saturated rings. The number of aromatic amines is 1.